The Balaban J connectivity index is 1.52. The van der Waals surface area contributed by atoms with Gasteiger partial charge in [0.05, 0.1) is 5.56 Å². The molecule has 1 atom stereocenters. The van der Waals surface area contributed by atoms with Gasteiger partial charge >= 0.3 is 5.97 Å². The molecule has 1 amide bonds. The first kappa shape index (κ1) is 21.6. The number of hydrogen-bond donors (Lipinski definition) is 2. The molecule has 168 valence electrons. The highest BCUT2D eigenvalue weighted by atomic mass is 16.5. The van der Waals surface area contributed by atoms with Gasteiger partial charge in [-0.1, -0.05) is 97.1 Å². The van der Waals surface area contributed by atoms with E-state index in [2.05, 4.69) is 5.32 Å². The van der Waals surface area contributed by atoms with E-state index in [1.54, 1.807) is 30.3 Å². The summed E-state index contributed by atoms with van der Waals surface area (Å²) >= 11 is 0. The van der Waals surface area contributed by atoms with Gasteiger partial charge in [0.15, 0.2) is 6.10 Å². The number of anilines is 1. The molecular weight excluding hydrogens is 426 g/mol. The van der Waals surface area contributed by atoms with E-state index in [9.17, 15) is 14.7 Å². The van der Waals surface area contributed by atoms with Gasteiger partial charge in [-0.25, -0.2) is 4.79 Å². The van der Waals surface area contributed by atoms with Crippen LogP contribution in [-0.2, 0) is 21.6 Å². The molecule has 0 aliphatic carbocycles. The minimum atomic E-state index is -1.51. The maximum atomic E-state index is 13.2. The monoisotopic (exact) mass is 449 g/mol. The van der Waals surface area contributed by atoms with Crippen LogP contribution in [-0.4, -0.2) is 23.1 Å². The van der Waals surface area contributed by atoms with Gasteiger partial charge in [-0.05, 0) is 28.8 Å². The molecule has 0 saturated heterocycles. The molecule has 0 radical (unpaired) electrons. The van der Waals surface area contributed by atoms with Crippen molar-refractivity contribution in [3.05, 3.63) is 137 Å². The number of rotatable bonds is 5. The molecule has 1 aliphatic rings. The number of carbonyl (C=O) groups excluding carboxylic acids is 2. The van der Waals surface area contributed by atoms with Gasteiger partial charge in [0.25, 0.3) is 5.91 Å². The van der Waals surface area contributed by atoms with E-state index >= 15 is 0 Å². The molecular formula is C29H23NO4. The number of esters is 1. The van der Waals surface area contributed by atoms with Crippen molar-refractivity contribution in [3.63, 3.8) is 0 Å². The second-order valence-corrected chi connectivity index (χ2v) is 8.23. The van der Waals surface area contributed by atoms with Crippen molar-refractivity contribution < 1.29 is 19.4 Å². The Bertz CT molecular complexity index is 1300. The lowest BCUT2D eigenvalue weighted by Crippen LogP contribution is -2.39. The van der Waals surface area contributed by atoms with Crippen molar-refractivity contribution in [1.29, 1.82) is 0 Å². The number of para-hydroxylation sites is 1. The fourth-order valence-corrected chi connectivity index (χ4v) is 4.43. The van der Waals surface area contributed by atoms with Gasteiger partial charge < -0.3 is 15.2 Å². The number of nitrogens with one attached hydrogen (secondary N) is 1. The molecule has 1 heterocycles. The Morgan fingerprint density at radius 2 is 1.35 bits per heavy atom. The molecule has 5 nitrogen and oxygen atoms in total. The van der Waals surface area contributed by atoms with Gasteiger partial charge in [0.2, 0.25) is 0 Å². The Kier molecular flexibility index (Phi) is 5.70. The van der Waals surface area contributed by atoms with Crippen LogP contribution < -0.4 is 5.32 Å². The van der Waals surface area contributed by atoms with Gasteiger partial charge in [-0.2, -0.15) is 0 Å². The zero-order valence-corrected chi connectivity index (χ0v) is 18.3. The Morgan fingerprint density at radius 3 is 2.03 bits per heavy atom. The summed E-state index contributed by atoms with van der Waals surface area (Å²) < 4.78 is 5.43. The maximum absolute atomic E-state index is 13.2. The number of benzene rings is 4. The lowest BCUT2D eigenvalue weighted by molar-refractivity contribution is -0.125. The van der Waals surface area contributed by atoms with Gasteiger partial charge in [-0.15, -0.1) is 0 Å². The number of fused-ring (bicyclic) bond motifs is 1. The summed E-state index contributed by atoms with van der Waals surface area (Å²) in [5.41, 5.74) is 2.04. The standard InChI is InChI=1S/C29H23NO4/c31-27(26-19-20-11-7-8-16-23(20)28(32)34-26)30-25-18-10-9-17-24(25)29(33,21-12-3-1-4-13-21)22-14-5-2-6-15-22/h1-18,26,33H,19H2,(H,30,31). The number of hydrogen-bond acceptors (Lipinski definition) is 4. The van der Waals surface area contributed by atoms with Crippen molar-refractivity contribution in [1.82, 2.24) is 0 Å². The molecule has 5 heteroatoms. The minimum absolute atomic E-state index is 0.289. The average Bonchev–Trinajstić information content (AvgIpc) is 2.89. The van der Waals surface area contributed by atoms with Gasteiger partial charge in [0.1, 0.15) is 5.60 Å². The van der Waals surface area contributed by atoms with Crippen molar-refractivity contribution in [3.8, 4) is 0 Å². The fourth-order valence-electron chi connectivity index (χ4n) is 4.43. The SMILES string of the molecule is O=C1OC(C(=O)Nc2ccccc2C(O)(c2ccccc2)c2ccccc2)Cc2ccccc21. The molecule has 4 aromatic rings. The summed E-state index contributed by atoms with van der Waals surface area (Å²) in [7, 11) is 0. The maximum Gasteiger partial charge on any atom is 0.339 e. The largest absolute Gasteiger partial charge is 0.448 e. The molecule has 0 fully saturated rings. The van der Waals surface area contributed by atoms with E-state index in [-0.39, 0.29) is 6.42 Å². The van der Waals surface area contributed by atoms with E-state index in [1.165, 1.54) is 0 Å². The lowest BCUT2D eigenvalue weighted by Gasteiger charge is -2.32. The first-order valence-electron chi connectivity index (χ1n) is 11.1. The normalized spacial score (nSPS) is 15.2. The van der Waals surface area contributed by atoms with Crippen LogP contribution in [0, 0.1) is 0 Å². The number of carbonyl (C=O) groups is 2. The quantitative estimate of drug-likeness (QED) is 0.342. The van der Waals surface area contributed by atoms with Crippen LogP contribution in [0.3, 0.4) is 0 Å². The Labute approximate surface area is 197 Å². The summed E-state index contributed by atoms with van der Waals surface area (Å²) in [6.45, 7) is 0. The Hall–Kier alpha value is -4.22. The predicted molar refractivity (Wildman–Crippen MR) is 129 cm³/mol. The van der Waals surface area contributed by atoms with E-state index in [0.29, 0.717) is 27.9 Å². The van der Waals surface area contributed by atoms with Crippen LogP contribution >= 0.6 is 0 Å². The third-order valence-electron chi connectivity index (χ3n) is 6.14. The van der Waals surface area contributed by atoms with E-state index in [0.717, 1.165) is 5.56 Å². The van der Waals surface area contributed by atoms with Crippen molar-refractivity contribution >= 4 is 17.6 Å². The predicted octanol–water partition coefficient (Wildman–Crippen LogP) is 4.69. The molecule has 2 N–H and O–H groups in total. The molecule has 5 rings (SSSR count). The Morgan fingerprint density at radius 1 is 0.794 bits per heavy atom. The summed E-state index contributed by atoms with van der Waals surface area (Å²) in [4.78, 5) is 25.6. The van der Waals surface area contributed by atoms with Crippen LogP contribution in [0.15, 0.2) is 109 Å². The topological polar surface area (TPSA) is 75.6 Å². The number of ether oxygens (including phenoxy) is 1. The highest BCUT2D eigenvalue weighted by molar-refractivity contribution is 6.00. The number of aliphatic hydroxyl groups is 1. The molecule has 0 bridgehead atoms. The molecule has 34 heavy (non-hydrogen) atoms. The molecule has 0 spiro atoms. The smallest absolute Gasteiger partial charge is 0.339 e. The van der Waals surface area contributed by atoms with Crippen LogP contribution in [0.4, 0.5) is 5.69 Å². The fraction of sp³-hybridized carbons (Fsp3) is 0.103. The molecule has 1 aliphatic heterocycles. The van der Waals surface area contributed by atoms with Crippen LogP contribution in [0.1, 0.15) is 32.6 Å². The molecule has 0 saturated carbocycles. The zero-order valence-electron chi connectivity index (χ0n) is 18.3. The third kappa shape index (κ3) is 3.87. The lowest BCUT2D eigenvalue weighted by atomic mass is 9.79. The van der Waals surface area contributed by atoms with Crippen molar-refractivity contribution in [2.24, 2.45) is 0 Å². The van der Waals surface area contributed by atoms with E-state index in [1.807, 2.05) is 78.9 Å². The van der Waals surface area contributed by atoms with E-state index in [4.69, 9.17) is 4.74 Å². The molecule has 0 aromatic heterocycles. The van der Waals surface area contributed by atoms with Crippen LogP contribution in [0.25, 0.3) is 0 Å². The van der Waals surface area contributed by atoms with Gasteiger partial charge in [-0.3, -0.25) is 4.79 Å². The summed E-state index contributed by atoms with van der Waals surface area (Å²) in [6, 6.07) is 32.9. The summed E-state index contributed by atoms with van der Waals surface area (Å²) in [6.07, 6.45) is -0.672. The van der Waals surface area contributed by atoms with Crippen molar-refractivity contribution in [2.75, 3.05) is 5.32 Å². The second kappa shape index (κ2) is 8.96. The summed E-state index contributed by atoms with van der Waals surface area (Å²) in [5, 5.41) is 15.1. The van der Waals surface area contributed by atoms with Crippen molar-refractivity contribution in [2.45, 2.75) is 18.1 Å². The second-order valence-electron chi connectivity index (χ2n) is 8.23. The third-order valence-corrected chi connectivity index (χ3v) is 6.14. The number of cyclic esters (lactones) is 1. The first-order chi connectivity index (χ1) is 16.6. The van der Waals surface area contributed by atoms with Gasteiger partial charge in [0, 0.05) is 17.7 Å². The van der Waals surface area contributed by atoms with Crippen LogP contribution in [0.5, 0.6) is 0 Å². The number of amides is 1. The summed E-state index contributed by atoms with van der Waals surface area (Å²) in [5.74, 6) is -0.959. The zero-order chi connectivity index (χ0) is 23.5. The first-order valence-corrected chi connectivity index (χ1v) is 11.1. The van der Waals surface area contributed by atoms with E-state index < -0.39 is 23.6 Å². The average molecular weight is 450 g/mol. The van der Waals surface area contributed by atoms with Crippen LogP contribution in [0.2, 0.25) is 0 Å². The molecule has 4 aromatic carbocycles. The highest BCUT2D eigenvalue weighted by Gasteiger charge is 2.37. The molecule has 1 unspecified atom stereocenters. The highest BCUT2D eigenvalue weighted by Crippen LogP contribution is 2.40. The minimum Gasteiger partial charge on any atom is -0.448 e.